The molecule has 8 aromatic rings. The molecule has 0 fully saturated rings. The molecule has 1 heterocycles. The minimum Gasteiger partial charge on any atom is -0.399 e. The first-order valence-electron chi connectivity index (χ1n) is 17.0. The second kappa shape index (κ2) is 13.9. The number of aryl methyl sites for hydroxylation is 1. The Bertz CT molecular complexity index is 2150. The van der Waals surface area contributed by atoms with Gasteiger partial charge in [0.25, 0.3) is 0 Å². The number of benzene rings is 7. The number of nitrogens with zero attached hydrogens (tertiary/aromatic N) is 1. The van der Waals surface area contributed by atoms with E-state index in [-0.39, 0.29) is 0 Å². The molecule has 1 aromatic heterocycles. The van der Waals surface area contributed by atoms with E-state index in [1.165, 1.54) is 49.3 Å². The van der Waals surface area contributed by atoms with Crippen molar-refractivity contribution in [3.63, 3.8) is 0 Å². The van der Waals surface area contributed by atoms with Gasteiger partial charge in [0.05, 0.1) is 10.8 Å². The van der Waals surface area contributed by atoms with Crippen molar-refractivity contribution in [2.24, 2.45) is 0 Å². The van der Waals surface area contributed by atoms with Crippen LogP contribution in [0.2, 0.25) is 0 Å². The first kappa shape index (κ1) is 31.5. The number of rotatable bonds is 6. The third kappa shape index (κ3) is 5.94. The van der Waals surface area contributed by atoms with Gasteiger partial charge in [0.2, 0.25) is 11.2 Å². The molecule has 4 N–H and O–H groups in total. The van der Waals surface area contributed by atoms with Crippen LogP contribution in [0.5, 0.6) is 0 Å². The topological polar surface area (TPSA) is 55.9 Å². The Kier molecular flexibility index (Phi) is 8.95. The van der Waals surface area contributed by atoms with E-state index in [4.69, 9.17) is 11.5 Å². The van der Waals surface area contributed by atoms with Crippen molar-refractivity contribution in [1.29, 1.82) is 0 Å². The number of hydrogen-bond acceptors (Lipinski definition) is 2. The number of anilines is 2. The Morgan fingerprint density at radius 3 is 1.24 bits per heavy atom. The summed E-state index contributed by atoms with van der Waals surface area (Å²) in [6.45, 7) is 3.02. The number of hydrogen-bond donors (Lipinski definition) is 2. The van der Waals surface area contributed by atoms with E-state index in [9.17, 15) is 0 Å². The molecule has 8 rings (SSSR count). The normalized spacial score (nSPS) is 11.2. The second-order valence-corrected chi connectivity index (χ2v) is 12.5. The van der Waals surface area contributed by atoms with Crippen molar-refractivity contribution in [2.75, 3.05) is 11.5 Å². The van der Waals surface area contributed by atoms with Gasteiger partial charge in [-0.1, -0.05) is 146 Å². The van der Waals surface area contributed by atoms with E-state index in [0.717, 1.165) is 23.4 Å². The molecule has 0 aliphatic heterocycles. The minimum absolute atomic E-state index is 0.775. The predicted octanol–water partition coefficient (Wildman–Crippen LogP) is 7.20. The van der Waals surface area contributed by atoms with Gasteiger partial charge in [-0.3, -0.25) is 0 Å². The lowest BCUT2D eigenvalue weighted by atomic mass is 9.13. The third-order valence-electron chi connectivity index (χ3n) is 9.73. The summed E-state index contributed by atoms with van der Waals surface area (Å²) in [5.41, 5.74) is 22.6. The van der Waals surface area contributed by atoms with Gasteiger partial charge < -0.3 is 11.5 Å². The van der Waals surface area contributed by atoms with Crippen LogP contribution in [0.15, 0.2) is 188 Å². The van der Waals surface area contributed by atoms with E-state index in [1.807, 2.05) is 18.2 Å². The molecule has 0 unspecified atom stereocenters. The molecule has 0 spiro atoms. The van der Waals surface area contributed by atoms with Crippen molar-refractivity contribution < 1.29 is 4.57 Å². The Balaban J connectivity index is 0.000000154. The molecule has 238 valence electrons. The molecule has 0 bridgehead atoms. The summed E-state index contributed by atoms with van der Waals surface area (Å²) in [5, 5.41) is 3.56. The van der Waals surface area contributed by atoms with Crippen LogP contribution in [0.1, 0.15) is 6.92 Å². The molecule has 7 aromatic carbocycles. The molecule has 4 heteroatoms. The third-order valence-corrected chi connectivity index (χ3v) is 9.73. The lowest BCUT2D eigenvalue weighted by Gasteiger charge is -2.44. The molecular formula is C45H40BN3. The van der Waals surface area contributed by atoms with Gasteiger partial charge in [-0.25, -0.2) is 0 Å². The van der Waals surface area contributed by atoms with Crippen LogP contribution in [0.25, 0.3) is 32.9 Å². The molecular weight excluding hydrogens is 593 g/mol. The lowest BCUT2D eigenvalue weighted by Crippen LogP contribution is -2.74. The van der Waals surface area contributed by atoms with Gasteiger partial charge in [0, 0.05) is 28.4 Å². The summed E-state index contributed by atoms with van der Waals surface area (Å²) in [5.74, 6) is 0. The van der Waals surface area contributed by atoms with Crippen LogP contribution < -0.4 is 37.9 Å². The number of nitrogen functional groups attached to an aromatic ring is 2. The number of fused-ring (bicyclic) bond motifs is 3. The van der Waals surface area contributed by atoms with E-state index in [1.54, 1.807) is 0 Å². The van der Waals surface area contributed by atoms with E-state index >= 15 is 0 Å². The Labute approximate surface area is 289 Å². The van der Waals surface area contributed by atoms with Crippen LogP contribution in [-0.4, -0.2) is 6.15 Å². The summed E-state index contributed by atoms with van der Waals surface area (Å²) >= 11 is 0. The van der Waals surface area contributed by atoms with Crippen molar-refractivity contribution in [3.05, 3.63) is 188 Å². The summed E-state index contributed by atoms with van der Waals surface area (Å²) in [6, 6.07) is 66.2. The highest BCUT2D eigenvalue weighted by atomic mass is 15.0. The molecule has 0 aliphatic carbocycles. The summed E-state index contributed by atoms with van der Waals surface area (Å²) in [7, 11) is 0. The van der Waals surface area contributed by atoms with Crippen LogP contribution >= 0.6 is 0 Å². The minimum atomic E-state index is -1.22. The monoisotopic (exact) mass is 633 g/mol. The maximum absolute atomic E-state index is 6.10. The van der Waals surface area contributed by atoms with Crippen molar-refractivity contribution in [1.82, 2.24) is 0 Å². The Morgan fingerprint density at radius 2 is 0.816 bits per heavy atom. The largest absolute Gasteiger partial charge is 0.399 e. The molecule has 0 saturated heterocycles. The summed E-state index contributed by atoms with van der Waals surface area (Å²) < 4.78 is 2.32. The van der Waals surface area contributed by atoms with Gasteiger partial charge in [-0.15, -0.1) is 0 Å². The SMILES string of the molecule is CC[n+]1c(-c2ccccc2)c2cc(N)ccc2c2ccc(N)cc21.c1ccc([B-](c2ccccc2)(c2ccccc2)c2ccccc2)cc1. The van der Waals surface area contributed by atoms with Gasteiger partial charge in [-0.2, -0.15) is 26.4 Å². The van der Waals surface area contributed by atoms with Crippen molar-refractivity contribution in [2.45, 2.75) is 13.5 Å². The highest BCUT2D eigenvalue weighted by molar-refractivity contribution is 7.19. The molecule has 3 nitrogen and oxygen atoms in total. The van der Waals surface area contributed by atoms with Crippen molar-refractivity contribution in [3.8, 4) is 11.3 Å². The summed E-state index contributed by atoms with van der Waals surface area (Å²) in [6.07, 6.45) is -1.22. The Hall–Kier alpha value is -6.13. The van der Waals surface area contributed by atoms with Crippen molar-refractivity contribution >= 4 is 61.0 Å². The highest BCUT2D eigenvalue weighted by Gasteiger charge is 2.31. The fraction of sp³-hybridized carbons (Fsp3) is 0.0444. The van der Waals surface area contributed by atoms with Crippen LogP contribution in [0, 0.1) is 0 Å². The first-order chi connectivity index (χ1) is 24.1. The molecule has 0 radical (unpaired) electrons. The average Bonchev–Trinajstić information content (AvgIpc) is 3.17. The molecule has 0 aliphatic rings. The molecule has 49 heavy (non-hydrogen) atoms. The van der Waals surface area contributed by atoms with Crippen LogP contribution in [-0.2, 0) is 6.54 Å². The zero-order valence-corrected chi connectivity index (χ0v) is 27.8. The zero-order chi connectivity index (χ0) is 33.6. The van der Waals surface area contributed by atoms with Crippen LogP contribution in [0.3, 0.4) is 0 Å². The molecule has 0 amide bonds. The highest BCUT2D eigenvalue weighted by Crippen LogP contribution is 2.33. The number of aromatic nitrogens is 1. The zero-order valence-electron chi connectivity index (χ0n) is 27.8. The van der Waals surface area contributed by atoms with Gasteiger partial charge in [0.15, 0.2) is 0 Å². The Morgan fingerprint density at radius 1 is 0.429 bits per heavy atom. The maximum Gasteiger partial charge on any atom is 0.220 e. The summed E-state index contributed by atoms with van der Waals surface area (Å²) in [4.78, 5) is 0. The number of pyridine rings is 1. The molecule has 0 atom stereocenters. The first-order valence-corrected chi connectivity index (χ1v) is 17.0. The number of nitrogens with two attached hydrogens (primary N) is 2. The lowest BCUT2D eigenvalue weighted by molar-refractivity contribution is -0.655. The van der Waals surface area contributed by atoms with E-state index < -0.39 is 6.15 Å². The van der Waals surface area contributed by atoms with Gasteiger partial charge >= 0.3 is 0 Å². The van der Waals surface area contributed by atoms with Crippen LogP contribution in [0.4, 0.5) is 11.4 Å². The predicted molar refractivity (Wildman–Crippen MR) is 212 cm³/mol. The smallest absolute Gasteiger partial charge is 0.220 e. The maximum atomic E-state index is 6.10. The fourth-order valence-electron chi connectivity index (χ4n) is 7.62. The molecule has 0 saturated carbocycles. The quantitative estimate of drug-likeness (QED) is 0.0882. The van der Waals surface area contributed by atoms with E-state index in [2.05, 4.69) is 181 Å². The van der Waals surface area contributed by atoms with Gasteiger partial charge in [0.1, 0.15) is 12.7 Å². The van der Waals surface area contributed by atoms with Gasteiger partial charge in [-0.05, 0) is 43.3 Å². The standard InChI is InChI=1S/C24H20B.C21H19N3/c1-5-13-21(14-6-1)25(22-15-7-2-8-16-22,23-17-9-3-10-18-23)24-19-11-4-12-20-24;1-2-24-20-13-16(23)9-11-18(20)17-10-8-15(22)12-19(17)21(24)14-6-4-3-5-7-14/h1-20H;3-13,23H,2,22H2,1H3/q-1;/p+1. The van der Waals surface area contributed by atoms with E-state index in [0.29, 0.717) is 0 Å². The fourth-order valence-corrected chi connectivity index (χ4v) is 7.62. The second-order valence-electron chi connectivity index (χ2n) is 12.5. The average molecular weight is 634 g/mol.